The van der Waals surface area contributed by atoms with Crippen LogP contribution in [0.2, 0.25) is 0 Å². The van der Waals surface area contributed by atoms with Crippen molar-refractivity contribution in [2.24, 2.45) is 0 Å². The SMILES string of the molecule is Cc1nc(-n2cc(Br)c(N)n2)sc1C. The van der Waals surface area contributed by atoms with Crippen molar-refractivity contribution in [3.8, 4) is 5.13 Å². The third kappa shape index (κ3) is 1.55. The van der Waals surface area contributed by atoms with Gasteiger partial charge < -0.3 is 5.73 Å². The Balaban J connectivity index is 2.49. The lowest BCUT2D eigenvalue weighted by Gasteiger charge is -1.91. The smallest absolute Gasteiger partial charge is 0.210 e. The molecule has 2 rings (SSSR count). The second kappa shape index (κ2) is 3.36. The molecule has 0 fully saturated rings. The van der Waals surface area contributed by atoms with Crippen LogP contribution in [0.25, 0.3) is 5.13 Å². The number of aromatic nitrogens is 3. The molecule has 0 radical (unpaired) electrons. The summed E-state index contributed by atoms with van der Waals surface area (Å²) in [6.07, 6.45) is 1.81. The lowest BCUT2D eigenvalue weighted by molar-refractivity contribution is 0.869. The highest BCUT2D eigenvalue weighted by atomic mass is 79.9. The summed E-state index contributed by atoms with van der Waals surface area (Å²) >= 11 is 4.91. The van der Waals surface area contributed by atoms with Crippen molar-refractivity contribution in [3.05, 3.63) is 21.2 Å². The number of nitrogens with two attached hydrogens (primary N) is 1. The maximum atomic E-state index is 5.62. The van der Waals surface area contributed by atoms with Gasteiger partial charge in [0.15, 0.2) is 5.82 Å². The van der Waals surface area contributed by atoms with Crippen LogP contribution in [0.15, 0.2) is 10.7 Å². The Morgan fingerprint density at radius 3 is 2.64 bits per heavy atom. The number of hydrogen-bond acceptors (Lipinski definition) is 4. The van der Waals surface area contributed by atoms with Gasteiger partial charge in [0.2, 0.25) is 5.13 Å². The van der Waals surface area contributed by atoms with Gasteiger partial charge in [0.1, 0.15) is 0 Å². The summed E-state index contributed by atoms with van der Waals surface area (Å²) in [4.78, 5) is 5.58. The number of aryl methyl sites for hydroxylation is 2. The largest absolute Gasteiger partial charge is 0.381 e. The average molecular weight is 273 g/mol. The quantitative estimate of drug-likeness (QED) is 0.867. The Morgan fingerprint density at radius 2 is 2.21 bits per heavy atom. The normalized spacial score (nSPS) is 10.8. The molecule has 6 heteroatoms. The van der Waals surface area contributed by atoms with Crippen LogP contribution in [0, 0.1) is 13.8 Å². The van der Waals surface area contributed by atoms with Crippen LogP contribution < -0.4 is 5.73 Å². The zero-order chi connectivity index (χ0) is 10.3. The van der Waals surface area contributed by atoms with Crippen LogP contribution in [0.1, 0.15) is 10.6 Å². The minimum atomic E-state index is 0.482. The number of rotatable bonds is 1. The first-order valence-electron chi connectivity index (χ1n) is 4.03. The average Bonchev–Trinajstić information content (AvgIpc) is 2.60. The summed E-state index contributed by atoms with van der Waals surface area (Å²) in [5.74, 6) is 0.482. The van der Waals surface area contributed by atoms with E-state index in [1.54, 1.807) is 16.0 Å². The number of nitrogens with zero attached hydrogens (tertiary/aromatic N) is 3. The topological polar surface area (TPSA) is 56.7 Å². The molecule has 4 nitrogen and oxygen atoms in total. The van der Waals surface area contributed by atoms with Gasteiger partial charge >= 0.3 is 0 Å². The summed E-state index contributed by atoms with van der Waals surface area (Å²) in [5.41, 5.74) is 6.66. The van der Waals surface area contributed by atoms with Crippen molar-refractivity contribution in [3.63, 3.8) is 0 Å². The summed E-state index contributed by atoms with van der Waals surface area (Å²) in [6, 6.07) is 0. The Morgan fingerprint density at radius 1 is 1.50 bits per heavy atom. The molecule has 2 heterocycles. The molecule has 0 saturated carbocycles. The maximum absolute atomic E-state index is 5.62. The number of anilines is 1. The van der Waals surface area contributed by atoms with Crippen molar-refractivity contribution in [2.45, 2.75) is 13.8 Å². The van der Waals surface area contributed by atoms with Gasteiger partial charge in [-0.15, -0.1) is 5.10 Å². The molecular weight excluding hydrogens is 264 g/mol. The number of nitrogen functional groups attached to an aromatic ring is 1. The Hall–Kier alpha value is -0.880. The molecule has 0 atom stereocenters. The predicted molar refractivity (Wildman–Crippen MR) is 60.8 cm³/mol. The van der Waals surface area contributed by atoms with E-state index in [1.807, 2.05) is 20.0 Å². The Kier molecular flexibility index (Phi) is 2.32. The highest BCUT2D eigenvalue weighted by Crippen LogP contribution is 2.23. The van der Waals surface area contributed by atoms with Gasteiger partial charge in [0, 0.05) is 11.1 Å². The van der Waals surface area contributed by atoms with E-state index >= 15 is 0 Å². The van der Waals surface area contributed by atoms with Gasteiger partial charge in [-0.05, 0) is 29.8 Å². The highest BCUT2D eigenvalue weighted by Gasteiger charge is 2.09. The van der Waals surface area contributed by atoms with Gasteiger partial charge in [-0.2, -0.15) is 0 Å². The van der Waals surface area contributed by atoms with Crippen molar-refractivity contribution in [2.75, 3.05) is 5.73 Å². The van der Waals surface area contributed by atoms with Gasteiger partial charge in [-0.1, -0.05) is 11.3 Å². The molecule has 14 heavy (non-hydrogen) atoms. The molecule has 0 saturated heterocycles. The summed E-state index contributed by atoms with van der Waals surface area (Å²) in [7, 11) is 0. The predicted octanol–water partition coefficient (Wildman–Crippen LogP) is 2.29. The van der Waals surface area contributed by atoms with Gasteiger partial charge in [0.25, 0.3) is 0 Å². The van der Waals surface area contributed by atoms with Crippen molar-refractivity contribution >= 4 is 33.1 Å². The van der Waals surface area contributed by atoms with Gasteiger partial charge in [-0.3, -0.25) is 0 Å². The van der Waals surface area contributed by atoms with Gasteiger partial charge in [-0.25, -0.2) is 9.67 Å². The molecule has 0 aliphatic heterocycles. The third-order valence-electron chi connectivity index (χ3n) is 1.91. The van der Waals surface area contributed by atoms with Crippen LogP contribution in [-0.4, -0.2) is 14.8 Å². The standard InChI is InChI=1S/C8H9BrN4S/c1-4-5(2)14-8(11-4)13-3-6(9)7(10)12-13/h3H,1-2H3,(H2,10,12). The van der Waals surface area contributed by atoms with Crippen LogP contribution in [0.5, 0.6) is 0 Å². The molecule has 0 aromatic carbocycles. The highest BCUT2D eigenvalue weighted by molar-refractivity contribution is 9.10. The molecule has 0 aliphatic carbocycles. The third-order valence-corrected chi connectivity index (χ3v) is 3.58. The summed E-state index contributed by atoms with van der Waals surface area (Å²) in [5, 5.41) is 4.98. The zero-order valence-electron chi connectivity index (χ0n) is 7.78. The van der Waals surface area contributed by atoms with E-state index in [4.69, 9.17) is 5.73 Å². The second-order valence-corrected chi connectivity index (χ2v) is 4.98. The molecule has 0 unspecified atom stereocenters. The molecule has 0 spiro atoms. The Bertz CT molecular complexity index is 390. The number of hydrogen-bond donors (Lipinski definition) is 1. The molecule has 0 bridgehead atoms. The molecule has 74 valence electrons. The molecule has 0 aliphatic rings. The Labute approximate surface area is 93.9 Å². The summed E-state index contributed by atoms with van der Waals surface area (Å²) < 4.78 is 2.48. The van der Waals surface area contributed by atoms with E-state index in [-0.39, 0.29) is 0 Å². The van der Waals surface area contributed by atoms with Crippen LogP contribution in [0.3, 0.4) is 0 Å². The maximum Gasteiger partial charge on any atom is 0.210 e. The first-order valence-corrected chi connectivity index (χ1v) is 5.64. The summed E-state index contributed by atoms with van der Waals surface area (Å²) in [6.45, 7) is 4.02. The van der Waals surface area contributed by atoms with E-state index in [0.717, 1.165) is 15.3 Å². The molecule has 2 N–H and O–H groups in total. The van der Waals surface area contributed by atoms with E-state index in [2.05, 4.69) is 26.0 Å². The fraction of sp³-hybridized carbons (Fsp3) is 0.250. The van der Waals surface area contributed by atoms with E-state index in [1.165, 1.54) is 4.88 Å². The number of halogens is 1. The molecular formula is C8H9BrN4S. The van der Waals surface area contributed by atoms with Crippen LogP contribution in [0.4, 0.5) is 5.82 Å². The molecule has 2 aromatic heterocycles. The van der Waals surface area contributed by atoms with E-state index in [9.17, 15) is 0 Å². The van der Waals surface area contributed by atoms with E-state index in [0.29, 0.717) is 5.82 Å². The lowest BCUT2D eigenvalue weighted by atomic mass is 10.4. The first-order chi connectivity index (χ1) is 6.58. The van der Waals surface area contributed by atoms with Crippen LogP contribution >= 0.6 is 27.3 Å². The van der Waals surface area contributed by atoms with E-state index < -0.39 is 0 Å². The fourth-order valence-corrected chi connectivity index (χ4v) is 2.13. The molecule has 0 amide bonds. The lowest BCUT2D eigenvalue weighted by Crippen LogP contribution is -1.95. The first kappa shape index (κ1) is 9.67. The minimum Gasteiger partial charge on any atom is -0.381 e. The number of thiazole rings is 1. The zero-order valence-corrected chi connectivity index (χ0v) is 10.2. The molecule has 2 aromatic rings. The minimum absolute atomic E-state index is 0.482. The monoisotopic (exact) mass is 272 g/mol. The van der Waals surface area contributed by atoms with Crippen LogP contribution in [-0.2, 0) is 0 Å². The van der Waals surface area contributed by atoms with Gasteiger partial charge in [0.05, 0.1) is 10.2 Å². The van der Waals surface area contributed by atoms with Crippen molar-refractivity contribution in [1.29, 1.82) is 0 Å². The fourth-order valence-electron chi connectivity index (χ4n) is 1.02. The van der Waals surface area contributed by atoms with Crippen molar-refractivity contribution < 1.29 is 0 Å². The second-order valence-electron chi connectivity index (χ2n) is 2.94. The van der Waals surface area contributed by atoms with Crippen molar-refractivity contribution in [1.82, 2.24) is 14.8 Å².